The first-order chi connectivity index (χ1) is 9.58. The smallest absolute Gasteiger partial charge is 0.251 e. The van der Waals surface area contributed by atoms with E-state index in [2.05, 4.69) is 5.32 Å². The predicted octanol–water partition coefficient (Wildman–Crippen LogP) is 0.962. The number of primary amides is 1. The van der Waals surface area contributed by atoms with Gasteiger partial charge in [0.2, 0.25) is 5.91 Å². The summed E-state index contributed by atoms with van der Waals surface area (Å²) in [5.41, 5.74) is 12.4. The zero-order chi connectivity index (χ0) is 15.0. The van der Waals surface area contributed by atoms with Crippen molar-refractivity contribution in [1.29, 1.82) is 0 Å². The molecule has 5 nitrogen and oxygen atoms in total. The summed E-state index contributed by atoms with van der Waals surface area (Å²) in [5.74, 6) is -0.768. The summed E-state index contributed by atoms with van der Waals surface area (Å²) >= 11 is 0. The standard InChI is InChI=1S/C15H23N3O2/c1-2-3-4-13(14(17)19)18-15(20)12-7-5-11(6-8-12)9-10-16/h5-8,13H,2-4,9-10,16H2,1H3,(H2,17,19)(H,18,20). The molecule has 5 heteroatoms. The summed E-state index contributed by atoms with van der Waals surface area (Å²) in [4.78, 5) is 23.4. The van der Waals surface area contributed by atoms with Gasteiger partial charge in [-0.3, -0.25) is 9.59 Å². The summed E-state index contributed by atoms with van der Waals surface area (Å²) in [7, 11) is 0. The Kier molecular flexibility index (Phi) is 6.73. The molecule has 0 spiro atoms. The van der Waals surface area contributed by atoms with Gasteiger partial charge >= 0.3 is 0 Å². The Morgan fingerprint density at radius 1 is 1.25 bits per heavy atom. The molecular formula is C15H23N3O2. The maximum absolute atomic E-state index is 12.0. The maximum atomic E-state index is 12.0. The molecular weight excluding hydrogens is 254 g/mol. The van der Waals surface area contributed by atoms with Gasteiger partial charge in [-0.1, -0.05) is 31.9 Å². The van der Waals surface area contributed by atoms with Crippen LogP contribution in [0.1, 0.15) is 42.1 Å². The van der Waals surface area contributed by atoms with Crippen LogP contribution >= 0.6 is 0 Å². The molecule has 2 amide bonds. The number of benzene rings is 1. The van der Waals surface area contributed by atoms with Crippen LogP contribution in [0.15, 0.2) is 24.3 Å². The Morgan fingerprint density at radius 3 is 2.40 bits per heavy atom. The van der Waals surface area contributed by atoms with E-state index in [1.807, 2.05) is 19.1 Å². The number of nitrogens with two attached hydrogens (primary N) is 2. The van der Waals surface area contributed by atoms with Crippen LogP contribution in [0.2, 0.25) is 0 Å². The van der Waals surface area contributed by atoms with Gasteiger partial charge in [0.15, 0.2) is 0 Å². The Morgan fingerprint density at radius 2 is 1.90 bits per heavy atom. The molecule has 0 bridgehead atoms. The van der Waals surface area contributed by atoms with Crippen molar-refractivity contribution in [3.05, 3.63) is 35.4 Å². The molecule has 1 unspecified atom stereocenters. The van der Waals surface area contributed by atoms with E-state index in [1.165, 1.54) is 0 Å². The van der Waals surface area contributed by atoms with Crippen LogP contribution in [0.25, 0.3) is 0 Å². The number of carbonyl (C=O) groups is 2. The molecule has 110 valence electrons. The molecule has 1 aromatic rings. The molecule has 1 atom stereocenters. The lowest BCUT2D eigenvalue weighted by molar-refractivity contribution is -0.120. The molecule has 0 aromatic heterocycles. The van der Waals surface area contributed by atoms with Gasteiger partial charge in [-0.25, -0.2) is 0 Å². The van der Waals surface area contributed by atoms with E-state index >= 15 is 0 Å². The van der Waals surface area contributed by atoms with Gasteiger partial charge in [-0.15, -0.1) is 0 Å². The third-order valence-electron chi connectivity index (χ3n) is 3.14. The van der Waals surface area contributed by atoms with Crippen molar-refractivity contribution in [2.24, 2.45) is 11.5 Å². The lowest BCUT2D eigenvalue weighted by Crippen LogP contribution is -2.44. The van der Waals surface area contributed by atoms with Gasteiger partial charge in [-0.05, 0) is 37.1 Å². The third-order valence-corrected chi connectivity index (χ3v) is 3.14. The number of nitrogens with one attached hydrogen (secondary N) is 1. The zero-order valence-electron chi connectivity index (χ0n) is 11.9. The minimum atomic E-state index is -0.605. The maximum Gasteiger partial charge on any atom is 0.251 e. The van der Waals surface area contributed by atoms with E-state index in [9.17, 15) is 9.59 Å². The van der Waals surface area contributed by atoms with Crippen molar-refractivity contribution < 1.29 is 9.59 Å². The number of hydrogen-bond donors (Lipinski definition) is 3. The molecule has 0 aliphatic heterocycles. The topological polar surface area (TPSA) is 98.2 Å². The number of hydrogen-bond acceptors (Lipinski definition) is 3. The largest absolute Gasteiger partial charge is 0.368 e. The highest BCUT2D eigenvalue weighted by Gasteiger charge is 2.18. The fourth-order valence-corrected chi connectivity index (χ4v) is 1.92. The molecule has 0 heterocycles. The third kappa shape index (κ3) is 5.01. The quantitative estimate of drug-likeness (QED) is 0.660. The number of rotatable bonds is 8. The lowest BCUT2D eigenvalue weighted by atomic mass is 10.1. The van der Waals surface area contributed by atoms with E-state index in [4.69, 9.17) is 11.5 Å². The highest BCUT2D eigenvalue weighted by molar-refractivity contribution is 5.97. The van der Waals surface area contributed by atoms with Crippen LogP contribution in [0.3, 0.4) is 0 Å². The summed E-state index contributed by atoms with van der Waals surface area (Å²) in [5, 5.41) is 2.68. The Hall–Kier alpha value is -1.88. The zero-order valence-corrected chi connectivity index (χ0v) is 11.9. The fourth-order valence-electron chi connectivity index (χ4n) is 1.92. The van der Waals surface area contributed by atoms with Crippen molar-refractivity contribution in [2.75, 3.05) is 6.54 Å². The van der Waals surface area contributed by atoms with Crippen molar-refractivity contribution in [2.45, 2.75) is 38.6 Å². The van der Waals surface area contributed by atoms with Crippen LogP contribution in [0, 0.1) is 0 Å². The molecule has 0 aliphatic carbocycles. The van der Waals surface area contributed by atoms with Crippen molar-refractivity contribution in [3.63, 3.8) is 0 Å². The summed E-state index contributed by atoms with van der Waals surface area (Å²) in [6.07, 6.45) is 3.15. The fraction of sp³-hybridized carbons (Fsp3) is 0.467. The van der Waals surface area contributed by atoms with Gasteiger partial charge in [0, 0.05) is 5.56 Å². The molecule has 0 radical (unpaired) electrons. The molecule has 5 N–H and O–H groups in total. The van der Waals surface area contributed by atoms with Gasteiger partial charge < -0.3 is 16.8 Å². The molecule has 0 saturated heterocycles. The average Bonchev–Trinajstić information content (AvgIpc) is 2.44. The van der Waals surface area contributed by atoms with E-state index in [1.54, 1.807) is 12.1 Å². The first kappa shape index (κ1) is 16.2. The van der Waals surface area contributed by atoms with Crippen LogP contribution in [-0.2, 0) is 11.2 Å². The van der Waals surface area contributed by atoms with Crippen molar-refractivity contribution >= 4 is 11.8 Å². The minimum Gasteiger partial charge on any atom is -0.368 e. The molecule has 0 aliphatic rings. The van der Waals surface area contributed by atoms with Crippen LogP contribution in [-0.4, -0.2) is 24.4 Å². The van der Waals surface area contributed by atoms with E-state index < -0.39 is 11.9 Å². The van der Waals surface area contributed by atoms with Gasteiger partial charge in [0.05, 0.1) is 0 Å². The predicted molar refractivity (Wildman–Crippen MR) is 79.2 cm³/mol. The second-order valence-corrected chi connectivity index (χ2v) is 4.81. The summed E-state index contributed by atoms with van der Waals surface area (Å²) in [6, 6.07) is 6.60. The first-order valence-electron chi connectivity index (χ1n) is 6.97. The Labute approximate surface area is 119 Å². The number of unbranched alkanes of at least 4 members (excludes halogenated alkanes) is 1. The van der Waals surface area contributed by atoms with Gasteiger partial charge in [0.25, 0.3) is 5.91 Å². The number of carbonyl (C=O) groups excluding carboxylic acids is 2. The van der Waals surface area contributed by atoms with E-state index in [0.29, 0.717) is 18.5 Å². The normalized spacial score (nSPS) is 11.9. The summed E-state index contributed by atoms with van der Waals surface area (Å²) in [6.45, 7) is 2.60. The SMILES string of the molecule is CCCCC(NC(=O)c1ccc(CCN)cc1)C(N)=O. The van der Waals surface area contributed by atoms with E-state index in [-0.39, 0.29) is 5.91 Å². The van der Waals surface area contributed by atoms with E-state index in [0.717, 1.165) is 24.8 Å². The van der Waals surface area contributed by atoms with Crippen molar-refractivity contribution in [1.82, 2.24) is 5.32 Å². The number of amides is 2. The van der Waals surface area contributed by atoms with Gasteiger partial charge in [-0.2, -0.15) is 0 Å². The minimum absolute atomic E-state index is 0.274. The van der Waals surface area contributed by atoms with Gasteiger partial charge in [0.1, 0.15) is 6.04 Å². The second kappa shape index (κ2) is 8.32. The molecule has 20 heavy (non-hydrogen) atoms. The second-order valence-electron chi connectivity index (χ2n) is 4.81. The van der Waals surface area contributed by atoms with Crippen LogP contribution in [0.4, 0.5) is 0 Å². The Bertz CT molecular complexity index is 443. The summed E-state index contributed by atoms with van der Waals surface area (Å²) < 4.78 is 0. The molecule has 0 fully saturated rings. The highest BCUT2D eigenvalue weighted by Crippen LogP contribution is 2.07. The molecule has 1 aromatic carbocycles. The Balaban J connectivity index is 2.65. The highest BCUT2D eigenvalue weighted by atomic mass is 16.2. The molecule has 0 saturated carbocycles. The first-order valence-corrected chi connectivity index (χ1v) is 6.97. The van der Waals surface area contributed by atoms with Crippen LogP contribution < -0.4 is 16.8 Å². The van der Waals surface area contributed by atoms with Crippen molar-refractivity contribution in [3.8, 4) is 0 Å². The average molecular weight is 277 g/mol. The molecule has 1 rings (SSSR count). The van der Waals surface area contributed by atoms with Crippen LogP contribution in [0.5, 0.6) is 0 Å². The lowest BCUT2D eigenvalue weighted by Gasteiger charge is -2.15. The monoisotopic (exact) mass is 277 g/mol.